The zero-order chi connectivity index (χ0) is 14.0. The molecular weight excluding hydrogens is 334 g/mol. The fraction of sp³-hybridized carbons (Fsp3) is 0.167. The zero-order valence-electron chi connectivity index (χ0n) is 10.0. The van der Waals surface area contributed by atoms with E-state index in [9.17, 15) is 4.79 Å². The van der Waals surface area contributed by atoms with Gasteiger partial charge in [0.05, 0.1) is 18.4 Å². The molecule has 100 valence electrons. The number of hydrogen-bond acceptors (Lipinski definition) is 3. The maximum absolute atomic E-state index is 11.1. The number of anilines is 1. The molecule has 2 aromatic rings. The maximum Gasteiger partial charge on any atom is 0.339 e. The van der Waals surface area contributed by atoms with Crippen molar-refractivity contribution in [3.63, 3.8) is 0 Å². The summed E-state index contributed by atoms with van der Waals surface area (Å²) in [5.41, 5.74) is 1.64. The lowest BCUT2D eigenvalue weighted by atomic mass is 10.2. The normalized spacial score (nSPS) is 10.5. The minimum Gasteiger partial charge on any atom is -0.478 e. The zero-order valence-corrected chi connectivity index (χ0v) is 12.4. The largest absolute Gasteiger partial charge is 0.478 e. The van der Waals surface area contributed by atoms with Gasteiger partial charge in [-0.15, -0.1) is 0 Å². The molecule has 5 nitrogen and oxygen atoms in total. The SMILES string of the molecule is Cn1ncc(C(=O)O)c1CNc1ccc(Cl)cc1Br. The van der Waals surface area contributed by atoms with Crippen LogP contribution in [0.1, 0.15) is 16.1 Å². The molecule has 1 aromatic heterocycles. The van der Waals surface area contributed by atoms with E-state index in [1.807, 2.05) is 6.07 Å². The first kappa shape index (κ1) is 13.9. The molecule has 0 bridgehead atoms. The number of halogens is 2. The van der Waals surface area contributed by atoms with Crippen molar-refractivity contribution in [3.05, 3.63) is 45.1 Å². The van der Waals surface area contributed by atoms with Gasteiger partial charge in [0.1, 0.15) is 5.56 Å². The number of nitrogens with zero attached hydrogens (tertiary/aromatic N) is 2. The Hall–Kier alpha value is -1.53. The van der Waals surface area contributed by atoms with Gasteiger partial charge in [-0.25, -0.2) is 4.79 Å². The highest BCUT2D eigenvalue weighted by molar-refractivity contribution is 9.10. The average molecular weight is 345 g/mol. The Bertz CT molecular complexity index is 627. The van der Waals surface area contributed by atoms with Gasteiger partial charge >= 0.3 is 5.97 Å². The number of benzene rings is 1. The quantitative estimate of drug-likeness (QED) is 0.894. The molecule has 0 aliphatic carbocycles. The van der Waals surface area contributed by atoms with Gasteiger partial charge in [-0.3, -0.25) is 4.68 Å². The molecule has 0 unspecified atom stereocenters. The van der Waals surface area contributed by atoms with Crippen LogP contribution < -0.4 is 5.32 Å². The van der Waals surface area contributed by atoms with E-state index in [2.05, 4.69) is 26.3 Å². The first-order valence-electron chi connectivity index (χ1n) is 5.42. The number of carboxylic acid groups (broad SMARTS) is 1. The van der Waals surface area contributed by atoms with Gasteiger partial charge in [0.25, 0.3) is 0 Å². The van der Waals surface area contributed by atoms with Crippen LogP contribution in [-0.2, 0) is 13.6 Å². The third-order valence-corrected chi connectivity index (χ3v) is 3.56. The van der Waals surface area contributed by atoms with Gasteiger partial charge in [0, 0.05) is 22.2 Å². The third kappa shape index (κ3) is 3.08. The molecule has 7 heteroatoms. The predicted molar refractivity (Wildman–Crippen MR) is 76.6 cm³/mol. The van der Waals surface area contributed by atoms with Crippen molar-refractivity contribution in [2.75, 3.05) is 5.32 Å². The molecule has 1 aromatic carbocycles. The van der Waals surface area contributed by atoms with Gasteiger partial charge in [-0.05, 0) is 34.1 Å². The molecule has 0 atom stereocenters. The number of aromatic carboxylic acids is 1. The summed E-state index contributed by atoms with van der Waals surface area (Å²) in [5, 5.41) is 16.8. The molecule has 1 heterocycles. The summed E-state index contributed by atoms with van der Waals surface area (Å²) in [6.45, 7) is 0.359. The summed E-state index contributed by atoms with van der Waals surface area (Å²) in [5.74, 6) is -0.986. The van der Waals surface area contributed by atoms with E-state index >= 15 is 0 Å². The Labute approximate surface area is 123 Å². The Kier molecular flexibility index (Phi) is 4.11. The van der Waals surface area contributed by atoms with Gasteiger partial charge in [-0.1, -0.05) is 11.6 Å². The highest BCUT2D eigenvalue weighted by Crippen LogP contribution is 2.26. The topological polar surface area (TPSA) is 67.2 Å². The van der Waals surface area contributed by atoms with Crippen LogP contribution >= 0.6 is 27.5 Å². The molecule has 0 saturated carbocycles. The van der Waals surface area contributed by atoms with Crippen LogP contribution in [0.3, 0.4) is 0 Å². The van der Waals surface area contributed by atoms with Gasteiger partial charge in [-0.2, -0.15) is 5.10 Å². The van der Waals surface area contributed by atoms with E-state index in [0.717, 1.165) is 10.2 Å². The number of carbonyl (C=O) groups is 1. The van der Waals surface area contributed by atoms with Gasteiger partial charge < -0.3 is 10.4 Å². The van der Waals surface area contributed by atoms with E-state index in [4.69, 9.17) is 16.7 Å². The van der Waals surface area contributed by atoms with Crippen LogP contribution in [0.2, 0.25) is 5.02 Å². The first-order valence-corrected chi connectivity index (χ1v) is 6.59. The van der Waals surface area contributed by atoms with Crippen molar-refractivity contribution < 1.29 is 9.90 Å². The minimum absolute atomic E-state index is 0.195. The molecule has 0 fully saturated rings. The molecule has 0 saturated heterocycles. The van der Waals surface area contributed by atoms with Crippen LogP contribution in [0.4, 0.5) is 5.69 Å². The standard InChI is InChI=1S/C12H11BrClN3O2/c1-17-11(8(5-16-17)12(18)19)6-15-10-3-2-7(14)4-9(10)13/h2-5,15H,6H2,1H3,(H,18,19). The summed E-state index contributed by atoms with van der Waals surface area (Å²) in [6.07, 6.45) is 1.34. The molecule has 0 radical (unpaired) electrons. The smallest absolute Gasteiger partial charge is 0.339 e. The summed E-state index contributed by atoms with van der Waals surface area (Å²) < 4.78 is 2.36. The second kappa shape index (κ2) is 5.63. The number of aromatic nitrogens is 2. The summed E-state index contributed by atoms with van der Waals surface area (Å²) >= 11 is 9.25. The monoisotopic (exact) mass is 343 g/mol. The fourth-order valence-electron chi connectivity index (χ4n) is 1.66. The molecule has 0 amide bonds. The van der Waals surface area contributed by atoms with E-state index < -0.39 is 5.97 Å². The number of carboxylic acids is 1. The Morgan fingerprint density at radius 2 is 2.32 bits per heavy atom. The van der Waals surface area contributed by atoms with Crippen molar-refractivity contribution in [1.29, 1.82) is 0 Å². The number of aryl methyl sites for hydroxylation is 1. The van der Waals surface area contributed by atoms with Crippen molar-refractivity contribution in [2.45, 2.75) is 6.54 Å². The van der Waals surface area contributed by atoms with Crippen molar-refractivity contribution in [3.8, 4) is 0 Å². The van der Waals surface area contributed by atoms with Crippen molar-refractivity contribution >= 4 is 39.2 Å². The van der Waals surface area contributed by atoms with Crippen LogP contribution in [0, 0.1) is 0 Å². The molecule has 19 heavy (non-hydrogen) atoms. The lowest BCUT2D eigenvalue weighted by Crippen LogP contribution is -2.10. The maximum atomic E-state index is 11.1. The average Bonchev–Trinajstić information content (AvgIpc) is 2.70. The second-order valence-electron chi connectivity index (χ2n) is 3.91. The Balaban J connectivity index is 2.19. The minimum atomic E-state index is -0.986. The second-order valence-corrected chi connectivity index (χ2v) is 5.20. The van der Waals surface area contributed by atoms with Gasteiger partial charge in [0.2, 0.25) is 0 Å². The van der Waals surface area contributed by atoms with E-state index in [1.54, 1.807) is 23.9 Å². The lowest BCUT2D eigenvalue weighted by Gasteiger charge is -2.10. The number of hydrogen-bond donors (Lipinski definition) is 2. The van der Waals surface area contributed by atoms with Crippen LogP contribution in [-0.4, -0.2) is 20.9 Å². The highest BCUT2D eigenvalue weighted by Gasteiger charge is 2.14. The molecule has 2 rings (SSSR count). The van der Waals surface area contributed by atoms with Crippen LogP contribution in [0.5, 0.6) is 0 Å². The first-order chi connectivity index (χ1) is 8.99. The van der Waals surface area contributed by atoms with Crippen molar-refractivity contribution in [2.24, 2.45) is 7.05 Å². The summed E-state index contributed by atoms with van der Waals surface area (Å²) in [6, 6.07) is 5.35. The number of nitrogens with one attached hydrogen (secondary N) is 1. The molecular formula is C12H11BrClN3O2. The third-order valence-electron chi connectivity index (χ3n) is 2.67. The molecule has 2 N–H and O–H groups in total. The molecule has 0 aliphatic heterocycles. The van der Waals surface area contributed by atoms with E-state index in [-0.39, 0.29) is 5.56 Å². The highest BCUT2D eigenvalue weighted by atomic mass is 79.9. The molecule has 0 spiro atoms. The van der Waals surface area contributed by atoms with Gasteiger partial charge in [0.15, 0.2) is 0 Å². The van der Waals surface area contributed by atoms with E-state index in [0.29, 0.717) is 17.3 Å². The lowest BCUT2D eigenvalue weighted by molar-refractivity contribution is 0.0695. The van der Waals surface area contributed by atoms with Crippen molar-refractivity contribution in [1.82, 2.24) is 9.78 Å². The Morgan fingerprint density at radius 1 is 1.58 bits per heavy atom. The van der Waals surface area contributed by atoms with Crippen LogP contribution in [0.25, 0.3) is 0 Å². The van der Waals surface area contributed by atoms with Crippen LogP contribution in [0.15, 0.2) is 28.9 Å². The Morgan fingerprint density at radius 3 is 2.95 bits per heavy atom. The molecule has 0 aliphatic rings. The number of rotatable bonds is 4. The fourth-order valence-corrected chi connectivity index (χ4v) is 2.49. The van der Waals surface area contributed by atoms with E-state index in [1.165, 1.54) is 6.20 Å². The predicted octanol–water partition coefficient (Wildman–Crippen LogP) is 3.15. The summed E-state index contributed by atoms with van der Waals surface area (Å²) in [7, 11) is 1.71. The summed E-state index contributed by atoms with van der Waals surface area (Å²) in [4.78, 5) is 11.1.